The largest absolute Gasteiger partial charge is 0.464 e. The molecular weight excluding hydrogens is 238 g/mol. The number of aliphatic hydroxyl groups is 1. The molecular formula is C12H21NO5. The Morgan fingerprint density at radius 1 is 1.39 bits per heavy atom. The van der Waals surface area contributed by atoms with Gasteiger partial charge in [-0.15, -0.1) is 0 Å². The topological polar surface area (TPSA) is 76.1 Å². The monoisotopic (exact) mass is 259 g/mol. The van der Waals surface area contributed by atoms with Crippen LogP contribution in [0.5, 0.6) is 0 Å². The summed E-state index contributed by atoms with van der Waals surface area (Å²) in [5.74, 6) is -0.402. The van der Waals surface area contributed by atoms with Gasteiger partial charge in [0.05, 0.1) is 18.7 Å². The molecule has 1 aliphatic rings. The van der Waals surface area contributed by atoms with Gasteiger partial charge in [0.1, 0.15) is 12.2 Å². The third-order valence-corrected chi connectivity index (χ3v) is 2.50. The van der Waals surface area contributed by atoms with Crippen LogP contribution in [0.4, 0.5) is 4.79 Å². The molecule has 0 unspecified atom stereocenters. The van der Waals surface area contributed by atoms with Gasteiger partial charge in [-0.1, -0.05) is 0 Å². The SMILES string of the molecule is CC(=O)OC[C@@H]1C[C@@H](O)CN1C(=O)OC(C)(C)C. The predicted octanol–water partition coefficient (Wildman–Crippen LogP) is 0.920. The molecule has 0 aromatic heterocycles. The van der Waals surface area contributed by atoms with E-state index in [1.807, 2.05) is 0 Å². The molecule has 0 bridgehead atoms. The fourth-order valence-electron chi connectivity index (χ4n) is 1.81. The Bertz CT molecular complexity index is 323. The Balaban J connectivity index is 2.60. The highest BCUT2D eigenvalue weighted by Crippen LogP contribution is 2.21. The first-order valence-electron chi connectivity index (χ1n) is 6.00. The molecule has 0 radical (unpaired) electrons. The van der Waals surface area contributed by atoms with Crippen molar-refractivity contribution >= 4 is 12.1 Å². The number of ether oxygens (including phenoxy) is 2. The molecule has 104 valence electrons. The Kier molecular flexibility index (Phi) is 4.56. The van der Waals surface area contributed by atoms with Crippen molar-refractivity contribution in [3.63, 3.8) is 0 Å². The van der Waals surface area contributed by atoms with Crippen LogP contribution in [-0.4, -0.2) is 53.0 Å². The smallest absolute Gasteiger partial charge is 0.410 e. The molecule has 1 aliphatic heterocycles. The van der Waals surface area contributed by atoms with Crippen molar-refractivity contribution < 1.29 is 24.2 Å². The fraction of sp³-hybridized carbons (Fsp3) is 0.833. The van der Waals surface area contributed by atoms with E-state index < -0.39 is 23.8 Å². The average molecular weight is 259 g/mol. The summed E-state index contributed by atoms with van der Waals surface area (Å²) in [5, 5.41) is 9.59. The van der Waals surface area contributed by atoms with Crippen molar-refractivity contribution in [2.75, 3.05) is 13.2 Å². The molecule has 1 N–H and O–H groups in total. The maximum atomic E-state index is 11.9. The average Bonchev–Trinajstić information content (AvgIpc) is 2.54. The minimum Gasteiger partial charge on any atom is -0.464 e. The van der Waals surface area contributed by atoms with Gasteiger partial charge in [-0.2, -0.15) is 0 Å². The molecule has 6 heteroatoms. The second-order valence-corrected chi connectivity index (χ2v) is 5.48. The molecule has 0 spiro atoms. The fourth-order valence-corrected chi connectivity index (χ4v) is 1.81. The summed E-state index contributed by atoms with van der Waals surface area (Å²) in [7, 11) is 0. The molecule has 2 atom stereocenters. The number of amides is 1. The summed E-state index contributed by atoms with van der Waals surface area (Å²) in [5.41, 5.74) is -0.587. The molecule has 0 saturated carbocycles. The van der Waals surface area contributed by atoms with Crippen LogP contribution >= 0.6 is 0 Å². The summed E-state index contributed by atoms with van der Waals surface area (Å²) in [4.78, 5) is 24.1. The number of esters is 1. The summed E-state index contributed by atoms with van der Waals surface area (Å²) in [6.07, 6.45) is -0.693. The number of hydrogen-bond acceptors (Lipinski definition) is 5. The van der Waals surface area contributed by atoms with E-state index in [1.54, 1.807) is 20.8 Å². The van der Waals surface area contributed by atoms with Crippen LogP contribution < -0.4 is 0 Å². The Hall–Kier alpha value is -1.30. The number of rotatable bonds is 2. The minimum atomic E-state index is -0.599. The second-order valence-electron chi connectivity index (χ2n) is 5.48. The van der Waals surface area contributed by atoms with Crippen LogP contribution in [0, 0.1) is 0 Å². The van der Waals surface area contributed by atoms with Crippen molar-refractivity contribution in [1.29, 1.82) is 0 Å². The summed E-state index contributed by atoms with van der Waals surface area (Å²) in [6, 6.07) is -0.321. The van der Waals surface area contributed by atoms with Crippen LogP contribution in [0.3, 0.4) is 0 Å². The third-order valence-electron chi connectivity index (χ3n) is 2.50. The highest BCUT2D eigenvalue weighted by Gasteiger charge is 2.37. The van der Waals surface area contributed by atoms with E-state index in [9.17, 15) is 14.7 Å². The second kappa shape index (κ2) is 5.56. The quantitative estimate of drug-likeness (QED) is 0.746. The number of carbonyl (C=O) groups is 2. The molecule has 1 heterocycles. The van der Waals surface area contributed by atoms with Crippen LogP contribution in [0.15, 0.2) is 0 Å². The number of nitrogens with zero attached hydrogens (tertiary/aromatic N) is 1. The van der Waals surface area contributed by atoms with E-state index in [2.05, 4.69) is 0 Å². The Morgan fingerprint density at radius 3 is 2.50 bits per heavy atom. The molecule has 0 aromatic carbocycles. The van der Waals surface area contributed by atoms with Gasteiger partial charge >= 0.3 is 12.1 Å². The van der Waals surface area contributed by atoms with E-state index in [-0.39, 0.29) is 19.2 Å². The molecule has 6 nitrogen and oxygen atoms in total. The van der Waals surface area contributed by atoms with Gasteiger partial charge in [0.15, 0.2) is 0 Å². The summed E-state index contributed by atoms with van der Waals surface area (Å²) < 4.78 is 10.1. The lowest BCUT2D eigenvalue weighted by Crippen LogP contribution is -2.42. The number of carbonyl (C=O) groups excluding carboxylic acids is 2. The highest BCUT2D eigenvalue weighted by molar-refractivity contribution is 5.69. The zero-order chi connectivity index (χ0) is 13.9. The maximum absolute atomic E-state index is 11.9. The summed E-state index contributed by atoms with van der Waals surface area (Å²) >= 11 is 0. The van der Waals surface area contributed by atoms with Gasteiger partial charge in [0.25, 0.3) is 0 Å². The number of likely N-dealkylation sites (tertiary alicyclic amines) is 1. The lowest BCUT2D eigenvalue weighted by Gasteiger charge is -2.28. The number of aliphatic hydroxyl groups excluding tert-OH is 1. The lowest BCUT2D eigenvalue weighted by molar-refractivity contribution is -0.142. The normalized spacial score (nSPS) is 23.9. The minimum absolute atomic E-state index is 0.0889. The van der Waals surface area contributed by atoms with Gasteiger partial charge in [-0.25, -0.2) is 4.79 Å². The van der Waals surface area contributed by atoms with Crippen molar-refractivity contribution in [2.45, 2.75) is 51.9 Å². The molecule has 1 rings (SSSR count). The predicted molar refractivity (Wildman–Crippen MR) is 64.0 cm³/mol. The van der Waals surface area contributed by atoms with Crippen molar-refractivity contribution in [3.8, 4) is 0 Å². The van der Waals surface area contributed by atoms with Gasteiger partial charge in [0.2, 0.25) is 0 Å². The number of β-amino-alcohol motifs (C(OH)–C–C–N with tert-alkyl or cyclic N) is 1. The molecule has 18 heavy (non-hydrogen) atoms. The van der Waals surface area contributed by atoms with Gasteiger partial charge < -0.3 is 14.6 Å². The zero-order valence-corrected chi connectivity index (χ0v) is 11.3. The first-order valence-corrected chi connectivity index (χ1v) is 6.00. The van der Waals surface area contributed by atoms with Crippen LogP contribution in [0.2, 0.25) is 0 Å². The highest BCUT2D eigenvalue weighted by atomic mass is 16.6. The van der Waals surface area contributed by atoms with Crippen molar-refractivity contribution in [3.05, 3.63) is 0 Å². The summed E-state index contributed by atoms with van der Waals surface area (Å²) in [6.45, 7) is 6.94. The van der Waals surface area contributed by atoms with Crippen molar-refractivity contribution in [2.24, 2.45) is 0 Å². The van der Waals surface area contributed by atoms with Crippen molar-refractivity contribution in [1.82, 2.24) is 4.90 Å². The number of hydrogen-bond donors (Lipinski definition) is 1. The van der Waals surface area contributed by atoms with Gasteiger partial charge in [-0.05, 0) is 27.2 Å². The molecule has 1 amide bonds. The van der Waals surface area contributed by atoms with Crippen LogP contribution in [0.25, 0.3) is 0 Å². The van der Waals surface area contributed by atoms with Crippen LogP contribution in [-0.2, 0) is 14.3 Å². The molecule has 1 fully saturated rings. The van der Waals surface area contributed by atoms with Crippen LogP contribution in [0.1, 0.15) is 34.1 Å². The standard InChI is InChI=1S/C12H21NO5/c1-8(14)17-7-9-5-10(15)6-13(9)11(16)18-12(2,3)4/h9-10,15H,5-7H2,1-4H3/t9-,10+/m0/s1. The maximum Gasteiger partial charge on any atom is 0.410 e. The Morgan fingerprint density at radius 2 is 2.00 bits per heavy atom. The van der Waals surface area contributed by atoms with E-state index >= 15 is 0 Å². The van der Waals surface area contributed by atoms with E-state index in [1.165, 1.54) is 11.8 Å². The molecule has 0 aromatic rings. The molecule has 1 saturated heterocycles. The van der Waals surface area contributed by atoms with E-state index in [4.69, 9.17) is 9.47 Å². The van der Waals surface area contributed by atoms with E-state index in [0.29, 0.717) is 6.42 Å². The lowest BCUT2D eigenvalue weighted by atomic mass is 10.2. The Labute approximate surface area is 107 Å². The molecule has 0 aliphatic carbocycles. The first kappa shape index (κ1) is 14.8. The third kappa shape index (κ3) is 4.52. The van der Waals surface area contributed by atoms with Gasteiger partial charge in [0, 0.05) is 6.92 Å². The zero-order valence-electron chi connectivity index (χ0n) is 11.3. The first-order chi connectivity index (χ1) is 8.19. The van der Waals surface area contributed by atoms with Gasteiger partial charge in [-0.3, -0.25) is 9.69 Å². The van der Waals surface area contributed by atoms with E-state index in [0.717, 1.165) is 0 Å².